The summed E-state index contributed by atoms with van der Waals surface area (Å²) < 4.78 is 5.29. The molecule has 2 aliphatic heterocycles. The standard InChI is InChI=1S/C7H11OP/c1-7(2)6-5(8-6)4-9(7)3/h4H2,1-3H3. The maximum absolute atomic E-state index is 5.29. The normalized spacial score (nSPS) is 36.1. The van der Waals surface area contributed by atoms with Crippen molar-refractivity contribution in [3.8, 4) is 0 Å². The Morgan fingerprint density at radius 1 is 1.56 bits per heavy atom. The highest BCUT2D eigenvalue weighted by molar-refractivity contribution is 7.59. The third kappa shape index (κ3) is 0.589. The predicted octanol–water partition coefficient (Wildman–Crippen LogP) is 2.13. The van der Waals surface area contributed by atoms with Gasteiger partial charge in [-0.15, -0.1) is 0 Å². The van der Waals surface area contributed by atoms with Crippen LogP contribution in [-0.2, 0) is 4.74 Å². The molecule has 0 amide bonds. The fraction of sp³-hybridized carbons (Fsp3) is 0.714. The van der Waals surface area contributed by atoms with E-state index in [9.17, 15) is 0 Å². The van der Waals surface area contributed by atoms with Crippen molar-refractivity contribution in [1.29, 1.82) is 0 Å². The lowest BCUT2D eigenvalue weighted by atomic mass is 10.2. The first-order valence-electron chi connectivity index (χ1n) is 3.25. The largest absolute Gasteiger partial charge is 0.458 e. The molecule has 0 aromatic carbocycles. The predicted molar refractivity (Wildman–Crippen MR) is 39.9 cm³/mol. The second kappa shape index (κ2) is 1.34. The van der Waals surface area contributed by atoms with Crippen molar-refractivity contribution in [2.75, 3.05) is 12.8 Å². The zero-order valence-corrected chi connectivity index (χ0v) is 6.96. The first-order valence-corrected chi connectivity index (χ1v) is 5.22. The molecule has 0 aromatic rings. The fourth-order valence-corrected chi connectivity index (χ4v) is 2.81. The smallest absolute Gasteiger partial charge is 0.152 e. The molecule has 0 aromatic heterocycles. The SMILES string of the molecule is CP1CC2=C(O2)C1(C)C. The molecule has 0 saturated carbocycles. The van der Waals surface area contributed by atoms with E-state index in [1.807, 2.05) is 0 Å². The summed E-state index contributed by atoms with van der Waals surface area (Å²) in [6.45, 7) is 6.92. The van der Waals surface area contributed by atoms with Crippen LogP contribution in [0.3, 0.4) is 0 Å². The Balaban J connectivity index is 2.30. The average Bonchev–Trinajstić information content (AvgIpc) is 2.41. The third-order valence-electron chi connectivity index (χ3n) is 2.33. The van der Waals surface area contributed by atoms with E-state index in [0.717, 1.165) is 0 Å². The van der Waals surface area contributed by atoms with E-state index in [1.165, 1.54) is 17.7 Å². The van der Waals surface area contributed by atoms with E-state index in [1.54, 1.807) is 0 Å². The van der Waals surface area contributed by atoms with Gasteiger partial charge in [-0.1, -0.05) is 7.92 Å². The molecule has 2 heterocycles. The van der Waals surface area contributed by atoms with Crippen molar-refractivity contribution in [3.05, 3.63) is 11.5 Å². The Morgan fingerprint density at radius 3 is 2.44 bits per heavy atom. The van der Waals surface area contributed by atoms with Crippen LogP contribution in [0, 0.1) is 0 Å². The lowest BCUT2D eigenvalue weighted by Crippen LogP contribution is -2.15. The van der Waals surface area contributed by atoms with E-state index < -0.39 is 0 Å². The van der Waals surface area contributed by atoms with Crippen LogP contribution in [0.15, 0.2) is 11.5 Å². The van der Waals surface area contributed by atoms with Gasteiger partial charge in [-0.05, 0) is 20.5 Å². The average molecular weight is 142 g/mol. The molecule has 9 heavy (non-hydrogen) atoms. The van der Waals surface area contributed by atoms with Gasteiger partial charge in [0.25, 0.3) is 0 Å². The lowest BCUT2D eigenvalue weighted by Gasteiger charge is -2.25. The van der Waals surface area contributed by atoms with Crippen molar-refractivity contribution < 1.29 is 4.74 Å². The molecule has 50 valence electrons. The van der Waals surface area contributed by atoms with Gasteiger partial charge < -0.3 is 4.74 Å². The highest BCUT2D eigenvalue weighted by atomic mass is 31.1. The number of rotatable bonds is 0. The van der Waals surface area contributed by atoms with Gasteiger partial charge in [0.1, 0.15) is 5.76 Å². The van der Waals surface area contributed by atoms with Crippen molar-refractivity contribution in [3.63, 3.8) is 0 Å². The molecule has 2 aliphatic rings. The van der Waals surface area contributed by atoms with E-state index in [-0.39, 0.29) is 7.92 Å². The van der Waals surface area contributed by atoms with Crippen LogP contribution in [0.2, 0.25) is 0 Å². The van der Waals surface area contributed by atoms with Crippen molar-refractivity contribution in [2.45, 2.75) is 19.0 Å². The van der Waals surface area contributed by atoms with E-state index in [2.05, 4.69) is 20.5 Å². The molecular formula is C7H11OP. The summed E-state index contributed by atoms with van der Waals surface area (Å²) in [6, 6.07) is 0. The number of ether oxygens (including phenoxy) is 1. The minimum Gasteiger partial charge on any atom is -0.458 e. The lowest BCUT2D eigenvalue weighted by molar-refractivity contribution is 0.428. The van der Waals surface area contributed by atoms with Gasteiger partial charge in [0.05, 0.1) is 0 Å². The van der Waals surface area contributed by atoms with Gasteiger partial charge in [0.2, 0.25) is 0 Å². The third-order valence-corrected chi connectivity index (χ3v) is 5.20. The van der Waals surface area contributed by atoms with E-state index >= 15 is 0 Å². The van der Waals surface area contributed by atoms with Crippen LogP contribution in [0.25, 0.3) is 0 Å². The Hall–Kier alpha value is -0.0300. The molecular weight excluding hydrogens is 131 g/mol. The van der Waals surface area contributed by atoms with E-state index in [0.29, 0.717) is 5.16 Å². The molecule has 2 rings (SSSR count). The van der Waals surface area contributed by atoms with Crippen LogP contribution in [-0.4, -0.2) is 18.0 Å². The minimum absolute atomic E-state index is 0.203. The van der Waals surface area contributed by atoms with Crippen LogP contribution >= 0.6 is 7.92 Å². The Morgan fingerprint density at radius 2 is 2.22 bits per heavy atom. The molecule has 2 heteroatoms. The molecule has 0 bridgehead atoms. The Bertz CT molecular complexity index is 193. The molecule has 1 atom stereocenters. The maximum Gasteiger partial charge on any atom is 0.152 e. The highest BCUT2D eigenvalue weighted by Crippen LogP contribution is 2.64. The molecule has 0 N–H and O–H groups in total. The van der Waals surface area contributed by atoms with Crippen LogP contribution in [0.4, 0.5) is 0 Å². The summed E-state index contributed by atoms with van der Waals surface area (Å²) in [4.78, 5) is 0. The van der Waals surface area contributed by atoms with Gasteiger partial charge in [-0.25, -0.2) is 0 Å². The molecule has 0 fully saturated rings. The van der Waals surface area contributed by atoms with E-state index in [4.69, 9.17) is 4.74 Å². The van der Waals surface area contributed by atoms with Crippen LogP contribution in [0.1, 0.15) is 13.8 Å². The zero-order chi connectivity index (χ0) is 6.65. The molecule has 0 aliphatic carbocycles. The Kier molecular flexibility index (Phi) is 0.856. The summed E-state index contributed by atoms with van der Waals surface area (Å²) in [7, 11) is 0.203. The number of hydrogen-bond acceptors (Lipinski definition) is 1. The molecule has 0 saturated heterocycles. The summed E-state index contributed by atoms with van der Waals surface area (Å²) in [6.07, 6.45) is 1.23. The summed E-state index contributed by atoms with van der Waals surface area (Å²) >= 11 is 0. The molecule has 1 nitrogen and oxygen atoms in total. The first-order chi connectivity index (χ1) is 4.12. The van der Waals surface area contributed by atoms with Crippen LogP contribution < -0.4 is 0 Å². The zero-order valence-electron chi connectivity index (χ0n) is 6.06. The topological polar surface area (TPSA) is 12.5 Å². The molecule has 0 spiro atoms. The van der Waals surface area contributed by atoms with Gasteiger partial charge in [0, 0.05) is 11.3 Å². The van der Waals surface area contributed by atoms with Crippen molar-refractivity contribution in [2.24, 2.45) is 0 Å². The molecule has 1 unspecified atom stereocenters. The van der Waals surface area contributed by atoms with Crippen molar-refractivity contribution in [1.82, 2.24) is 0 Å². The second-order valence-electron chi connectivity index (χ2n) is 3.27. The maximum atomic E-state index is 5.29. The van der Waals surface area contributed by atoms with Gasteiger partial charge in [-0.3, -0.25) is 0 Å². The van der Waals surface area contributed by atoms with Gasteiger partial charge in [-0.2, -0.15) is 0 Å². The summed E-state index contributed by atoms with van der Waals surface area (Å²) in [5.41, 5.74) is 0. The second-order valence-corrected chi connectivity index (χ2v) is 6.10. The highest BCUT2D eigenvalue weighted by Gasteiger charge is 2.49. The quantitative estimate of drug-likeness (QED) is 0.472. The number of allylic oxidation sites excluding steroid dienone is 2. The summed E-state index contributed by atoms with van der Waals surface area (Å²) in [5, 5.41) is 0.407. The molecule has 0 radical (unpaired) electrons. The minimum atomic E-state index is 0.203. The first kappa shape index (κ1) is 5.73. The van der Waals surface area contributed by atoms with Crippen molar-refractivity contribution >= 4 is 7.92 Å². The monoisotopic (exact) mass is 142 g/mol. The Labute approximate surface area is 56.8 Å². The fourth-order valence-electron chi connectivity index (χ4n) is 1.25. The number of hydrogen-bond donors (Lipinski definition) is 0. The van der Waals surface area contributed by atoms with Gasteiger partial charge >= 0.3 is 0 Å². The van der Waals surface area contributed by atoms with Crippen LogP contribution in [0.5, 0.6) is 0 Å². The van der Waals surface area contributed by atoms with Gasteiger partial charge in [0.15, 0.2) is 5.76 Å². The summed E-state index contributed by atoms with van der Waals surface area (Å²) in [5.74, 6) is 2.60.